The third kappa shape index (κ3) is 2.90. The van der Waals surface area contributed by atoms with Crippen LogP contribution in [-0.2, 0) is 4.79 Å². The molecule has 1 unspecified atom stereocenters. The van der Waals surface area contributed by atoms with E-state index in [1.807, 2.05) is 27.7 Å². The molecular formula is C12H20N2O2. The van der Waals surface area contributed by atoms with Gasteiger partial charge in [-0.3, -0.25) is 4.79 Å². The van der Waals surface area contributed by atoms with Crippen LogP contribution in [0.4, 0.5) is 0 Å². The second-order valence-electron chi connectivity index (χ2n) is 4.32. The van der Waals surface area contributed by atoms with Crippen molar-refractivity contribution in [2.75, 3.05) is 0 Å². The van der Waals surface area contributed by atoms with Gasteiger partial charge in [0.25, 0.3) is 0 Å². The van der Waals surface area contributed by atoms with E-state index in [2.05, 4.69) is 10.1 Å². The molecule has 0 aliphatic heterocycles. The summed E-state index contributed by atoms with van der Waals surface area (Å²) in [5.41, 5.74) is 0. The number of rotatable bonds is 6. The Morgan fingerprint density at radius 1 is 1.38 bits per heavy atom. The molecule has 1 rings (SSSR count). The molecule has 1 aromatic rings. The van der Waals surface area contributed by atoms with Crippen LogP contribution in [0.2, 0.25) is 0 Å². The molecule has 0 bridgehead atoms. The van der Waals surface area contributed by atoms with Gasteiger partial charge in [-0.2, -0.15) is 4.98 Å². The normalized spacial score (nSPS) is 13.1. The molecule has 0 aromatic carbocycles. The van der Waals surface area contributed by atoms with E-state index in [4.69, 9.17) is 4.52 Å². The van der Waals surface area contributed by atoms with Gasteiger partial charge in [0.05, 0.1) is 5.92 Å². The van der Waals surface area contributed by atoms with Gasteiger partial charge in [0, 0.05) is 12.3 Å². The van der Waals surface area contributed by atoms with Crippen LogP contribution >= 0.6 is 0 Å². The van der Waals surface area contributed by atoms with Crippen molar-refractivity contribution in [3.05, 3.63) is 11.7 Å². The van der Waals surface area contributed by atoms with E-state index in [0.29, 0.717) is 18.1 Å². The highest BCUT2D eigenvalue weighted by Gasteiger charge is 2.23. The number of carbonyl (C=O) groups is 1. The van der Waals surface area contributed by atoms with Crippen molar-refractivity contribution in [1.82, 2.24) is 10.1 Å². The highest BCUT2D eigenvalue weighted by atomic mass is 16.5. The van der Waals surface area contributed by atoms with Gasteiger partial charge in [0.2, 0.25) is 5.89 Å². The summed E-state index contributed by atoms with van der Waals surface area (Å²) in [7, 11) is 0. The molecule has 0 aliphatic carbocycles. The Labute approximate surface area is 96.4 Å². The summed E-state index contributed by atoms with van der Waals surface area (Å²) in [6.07, 6.45) is 2.18. The zero-order valence-electron chi connectivity index (χ0n) is 10.5. The number of hydrogen-bond donors (Lipinski definition) is 0. The van der Waals surface area contributed by atoms with Crippen LogP contribution in [0.5, 0.6) is 0 Å². The fourth-order valence-electron chi connectivity index (χ4n) is 1.60. The van der Waals surface area contributed by atoms with Crippen molar-refractivity contribution in [3.8, 4) is 0 Å². The fourth-order valence-corrected chi connectivity index (χ4v) is 1.60. The third-order valence-corrected chi connectivity index (χ3v) is 2.56. The number of aromatic nitrogens is 2. The maximum Gasteiger partial charge on any atom is 0.229 e. The van der Waals surface area contributed by atoms with Crippen molar-refractivity contribution in [3.63, 3.8) is 0 Å². The predicted octanol–water partition coefficient (Wildman–Crippen LogP) is 3.06. The molecule has 0 saturated heterocycles. The molecule has 0 radical (unpaired) electrons. The van der Waals surface area contributed by atoms with Gasteiger partial charge in [0.1, 0.15) is 5.78 Å². The molecule has 4 nitrogen and oxygen atoms in total. The van der Waals surface area contributed by atoms with Crippen LogP contribution in [0.1, 0.15) is 70.5 Å². The van der Waals surface area contributed by atoms with Crippen LogP contribution in [0, 0.1) is 0 Å². The lowest BCUT2D eigenvalue weighted by molar-refractivity contribution is -0.120. The second kappa shape index (κ2) is 5.77. The van der Waals surface area contributed by atoms with Crippen molar-refractivity contribution in [1.29, 1.82) is 0 Å². The van der Waals surface area contributed by atoms with Gasteiger partial charge in [0.15, 0.2) is 5.82 Å². The highest BCUT2D eigenvalue weighted by Crippen LogP contribution is 2.21. The molecule has 0 fully saturated rings. The average Bonchev–Trinajstić information content (AvgIpc) is 2.68. The summed E-state index contributed by atoms with van der Waals surface area (Å²) in [6.45, 7) is 7.96. The molecule has 1 atom stereocenters. The number of Topliss-reactive ketones (excluding diaryl/α,β-unsaturated/α-hetero) is 1. The number of nitrogens with zero attached hydrogens (tertiary/aromatic N) is 2. The van der Waals surface area contributed by atoms with Gasteiger partial charge >= 0.3 is 0 Å². The predicted molar refractivity (Wildman–Crippen MR) is 61.3 cm³/mol. The number of hydrogen-bond acceptors (Lipinski definition) is 4. The lowest BCUT2D eigenvalue weighted by Gasteiger charge is -2.07. The molecule has 90 valence electrons. The summed E-state index contributed by atoms with van der Waals surface area (Å²) in [5, 5.41) is 3.90. The minimum Gasteiger partial charge on any atom is -0.339 e. The minimum atomic E-state index is -0.198. The Morgan fingerprint density at radius 2 is 2.06 bits per heavy atom. The van der Waals surface area contributed by atoms with Gasteiger partial charge in [-0.05, 0) is 12.8 Å². The van der Waals surface area contributed by atoms with E-state index in [-0.39, 0.29) is 17.6 Å². The van der Waals surface area contributed by atoms with E-state index >= 15 is 0 Å². The Bertz CT molecular complexity index is 345. The van der Waals surface area contributed by atoms with Crippen LogP contribution in [0.3, 0.4) is 0 Å². The summed E-state index contributed by atoms with van der Waals surface area (Å²) >= 11 is 0. The molecule has 16 heavy (non-hydrogen) atoms. The van der Waals surface area contributed by atoms with E-state index in [0.717, 1.165) is 12.8 Å². The summed E-state index contributed by atoms with van der Waals surface area (Å²) in [5.74, 6) is 1.37. The van der Waals surface area contributed by atoms with Crippen molar-refractivity contribution in [2.24, 2.45) is 0 Å². The molecule has 0 spiro atoms. The van der Waals surface area contributed by atoms with Crippen LogP contribution in [-0.4, -0.2) is 15.9 Å². The van der Waals surface area contributed by atoms with Gasteiger partial charge in [-0.15, -0.1) is 0 Å². The van der Waals surface area contributed by atoms with Crippen LogP contribution in [0.15, 0.2) is 4.52 Å². The van der Waals surface area contributed by atoms with Crippen LogP contribution in [0.25, 0.3) is 0 Å². The lowest BCUT2D eigenvalue weighted by Crippen LogP contribution is -2.13. The standard InChI is InChI=1S/C12H20N2O2/c1-5-7-10(15)9(6-2)11-13-12(8(3)4)16-14-11/h8-9H,5-7H2,1-4H3. The molecule has 0 amide bonds. The fraction of sp³-hybridized carbons (Fsp3) is 0.750. The Balaban J connectivity index is 2.82. The maximum atomic E-state index is 11.8. The molecular weight excluding hydrogens is 204 g/mol. The average molecular weight is 224 g/mol. The van der Waals surface area contributed by atoms with Gasteiger partial charge in [-0.1, -0.05) is 32.9 Å². The first-order valence-corrected chi connectivity index (χ1v) is 5.96. The quantitative estimate of drug-likeness (QED) is 0.745. The maximum absolute atomic E-state index is 11.8. The smallest absolute Gasteiger partial charge is 0.229 e. The molecule has 0 aliphatic rings. The highest BCUT2D eigenvalue weighted by molar-refractivity contribution is 5.84. The van der Waals surface area contributed by atoms with Crippen LogP contribution < -0.4 is 0 Å². The monoisotopic (exact) mass is 224 g/mol. The summed E-state index contributed by atoms with van der Waals surface area (Å²) in [4.78, 5) is 16.1. The Kier molecular flexibility index (Phi) is 4.65. The summed E-state index contributed by atoms with van der Waals surface area (Å²) in [6, 6.07) is 0. The zero-order valence-corrected chi connectivity index (χ0v) is 10.5. The van der Waals surface area contributed by atoms with E-state index in [1.54, 1.807) is 0 Å². The molecule has 1 heterocycles. The zero-order chi connectivity index (χ0) is 12.1. The van der Waals surface area contributed by atoms with Gasteiger partial charge < -0.3 is 4.52 Å². The van der Waals surface area contributed by atoms with Gasteiger partial charge in [-0.25, -0.2) is 0 Å². The molecule has 0 N–H and O–H groups in total. The van der Waals surface area contributed by atoms with Crippen molar-refractivity contribution >= 4 is 5.78 Å². The van der Waals surface area contributed by atoms with Crippen molar-refractivity contribution in [2.45, 2.75) is 58.8 Å². The lowest BCUT2D eigenvalue weighted by atomic mass is 9.97. The second-order valence-corrected chi connectivity index (χ2v) is 4.32. The van der Waals surface area contributed by atoms with Crippen molar-refractivity contribution < 1.29 is 9.32 Å². The SMILES string of the molecule is CCCC(=O)C(CC)c1noc(C(C)C)n1. The molecule has 4 heteroatoms. The Hall–Kier alpha value is -1.19. The topological polar surface area (TPSA) is 56.0 Å². The largest absolute Gasteiger partial charge is 0.339 e. The third-order valence-electron chi connectivity index (χ3n) is 2.56. The Morgan fingerprint density at radius 3 is 2.50 bits per heavy atom. The van der Waals surface area contributed by atoms with E-state index in [1.165, 1.54) is 0 Å². The van der Waals surface area contributed by atoms with E-state index in [9.17, 15) is 4.79 Å². The first kappa shape index (κ1) is 12.9. The first-order chi connectivity index (χ1) is 7.60. The first-order valence-electron chi connectivity index (χ1n) is 5.96. The number of ketones is 1. The minimum absolute atomic E-state index is 0.198. The molecule has 0 saturated carbocycles. The summed E-state index contributed by atoms with van der Waals surface area (Å²) < 4.78 is 5.12. The van der Waals surface area contributed by atoms with E-state index < -0.39 is 0 Å². The number of carbonyl (C=O) groups excluding carboxylic acids is 1. The molecule has 1 aromatic heterocycles.